The van der Waals surface area contributed by atoms with Crippen LogP contribution in [0.5, 0.6) is 0 Å². The molecule has 0 aromatic heterocycles. The van der Waals surface area contributed by atoms with E-state index in [2.05, 4.69) is 5.32 Å². The van der Waals surface area contributed by atoms with Crippen LogP contribution in [0.2, 0.25) is 0 Å². The lowest BCUT2D eigenvalue weighted by molar-refractivity contribution is -0.130. The largest absolute Gasteiger partial charge is 0.353 e. The first kappa shape index (κ1) is 10.6. The molecule has 1 saturated heterocycles. The Morgan fingerprint density at radius 1 is 1.25 bits per heavy atom. The first-order chi connectivity index (χ1) is 7.58. The van der Waals surface area contributed by atoms with Crippen LogP contribution in [0.4, 0.5) is 10.1 Å². The van der Waals surface area contributed by atoms with E-state index >= 15 is 0 Å². The summed E-state index contributed by atoms with van der Waals surface area (Å²) in [6, 6.07) is 4.61. The van der Waals surface area contributed by atoms with Crippen LogP contribution in [0, 0.1) is 12.7 Å². The number of hydrogen-bond acceptors (Lipinski definition) is 3. The van der Waals surface area contributed by atoms with Crippen LogP contribution in [0.3, 0.4) is 0 Å². The van der Waals surface area contributed by atoms with Gasteiger partial charge in [0.2, 0.25) is 11.8 Å². The molecule has 1 aliphatic heterocycles. The Balaban J connectivity index is 2.33. The molecule has 0 unspecified atom stereocenters. The number of hydrogen-bond donors (Lipinski definition) is 1. The topological polar surface area (TPSA) is 49.4 Å². The number of benzene rings is 1. The van der Waals surface area contributed by atoms with Crippen LogP contribution in [0.1, 0.15) is 5.56 Å². The molecule has 0 spiro atoms. The first-order valence-corrected chi connectivity index (χ1v) is 4.90. The number of carbonyl (C=O) groups is 2. The molecule has 16 heavy (non-hydrogen) atoms. The molecule has 2 amide bonds. The summed E-state index contributed by atoms with van der Waals surface area (Å²) in [7, 11) is 0. The number of rotatable bonds is 1. The van der Waals surface area contributed by atoms with Crippen molar-refractivity contribution in [3.05, 3.63) is 29.6 Å². The van der Waals surface area contributed by atoms with E-state index in [1.165, 1.54) is 6.07 Å². The smallest absolute Gasteiger partial charge is 0.246 e. The summed E-state index contributed by atoms with van der Waals surface area (Å²) in [5, 5.41) is 2.20. The lowest BCUT2D eigenvalue weighted by Crippen LogP contribution is -2.51. The quantitative estimate of drug-likeness (QED) is 0.708. The van der Waals surface area contributed by atoms with E-state index < -0.39 is 0 Å². The van der Waals surface area contributed by atoms with Gasteiger partial charge in [-0.05, 0) is 19.1 Å². The molecule has 0 atom stereocenters. The van der Waals surface area contributed by atoms with Crippen LogP contribution in [-0.4, -0.2) is 24.9 Å². The van der Waals surface area contributed by atoms with Gasteiger partial charge in [-0.25, -0.2) is 4.39 Å². The van der Waals surface area contributed by atoms with E-state index in [0.29, 0.717) is 11.3 Å². The third kappa shape index (κ3) is 1.88. The molecule has 0 saturated carbocycles. The van der Waals surface area contributed by atoms with Crippen molar-refractivity contribution >= 4 is 17.5 Å². The molecule has 84 valence electrons. The highest BCUT2D eigenvalue weighted by atomic mass is 19.1. The van der Waals surface area contributed by atoms with Gasteiger partial charge in [-0.1, -0.05) is 6.07 Å². The second kappa shape index (κ2) is 3.92. The average Bonchev–Trinajstić information content (AvgIpc) is 2.20. The average molecular weight is 222 g/mol. The highest BCUT2D eigenvalue weighted by Crippen LogP contribution is 2.22. The minimum Gasteiger partial charge on any atom is -0.353 e. The second-order valence-electron chi connectivity index (χ2n) is 3.71. The number of nitrogens with one attached hydrogen (secondary N) is 1. The highest BCUT2D eigenvalue weighted by Gasteiger charge is 2.24. The van der Waals surface area contributed by atoms with E-state index in [1.807, 2.05) is 0 Å². The fraction of sp³-hybridized carbons (Fsp3) is 0.273. The summed E-state index contributed by atoms with van der Waals surface area (Å²) < 4.78 is 13.3. The Bertz CT molecular complexity index is 443. The van der Waals surface area contributed by atoms with Crippen molar-refractivity contribution in [3.63, 3.8) is 0 Å². The number of imide groups is 1. The van der Waals surface area contributed by atoms with Crippen molar-refractivity contribution in [2.45, 2.75) is 6.92 Å². The third-order valence-electron chi connectivity index (χ3n) is 2.53. The van der Waals surface area contributed by atoms with Crippen LogP contribution < -0.4 is 10.2 Å². The highest BCUT2D eigenvalue weighted by molar-refractivity contribution is 6.02. The summed E-state index contributed by atoms with van der Waals surface area (Å²) in [5.74, 6) is -1.06. The third-order valence-corrected chi connectivity index (χ3v) is 2.53. The van der Waals surface area contributed by atoms with E-state index in [-0.39, 0.29) is 30.7 Å². The van der Waals surface area contributed by atoms with E-state index in [9.17, 15) is 14.0 Å². The SMILES string of the molecule is Cc1c(F)cccc1N1CC(=O)NC(=O)C1. The molecular weight excluding hydrogens is 211 g/mol. The van der Waals surface area contributed by atoms with Gasteiger partial charge in [-0.2, -0.15) is 0 Å². The van der Waals surface area contributed by atoms with Crippen molar-refractivity contribution in [1.29, 1.82) is 0 Å². The standard InChI is InChI=1S/C11H11FN2O2/c1-7-8(12)3-2-4-9(7)14-5-10(15)13-11(16)6-14/h2-4H,5-6H2,1H3,(H,13,15,16). The fourth-order valence-electron chi connectivity index (χ4n) is 1.75. The maximum absolute atomic E-state index is 13.3. The summed E-state index contributed by atoms with van der Waals surface area (Å²) in [5.41, 5.74) is 1.04. The van der Waals surface area contributed by atoms with Crippen molar-refractivity contribution in [2.75, 3.05) is 18.0 Å². The lowest BCUT2D eigenvalue weighted by atomic mass is 10.1. The fourth-order valence-corrected chi connectivity index (χ4v) is 1.75. The molecule has 0 radical (unpaired) electrons. The number of anilines is 1. The molecule has 1 fully saturated rings. The van der Waals surface area contributed by atoms with Gasteiger partial charge < -0.3 is 4.90 Å². The van der Waals surface area contributed by atoms with Gasteiger partial charge in [-0.15, -0.1) is 0 Å². The van der Waals surface area contributed by atoms with Crippen molar-refractivity contribution in [2.24, 2.45) is 0 Å². The summed E-state index contributed by atoms with van der Waals surface area (Å²) in [6.07, 6.45) is 0. The van der Waals surface area contributed by atoms with Gasteiger partial charge in [0.15, 0.2) is 0 Å². The lowest BCUT2D eigenvalue weighted by Gasteiger charge is -2.28. The molecule has 1 N–H and O–H groups in total. The van der Waals surface area contributed by atoms with Crippen molar-refractivity contribution in [1.82, 2.24) is 5.32 Å². The summed E-state index contributed by atoms with van der Waals surface area (Å²) >= 11 is 0. The predicted octanol–water partition coefficient (Wildman–Crippen LogP) is 0.597. The van der Waals surface area contributed by atoms with E-state index in [4.69, 9.17) is 0 Å². The molecule has 0 bridgehead atoms. The van der Waals surface area contributed by atoms with Gasteiger partial charge in [0.1, 0.15) is 5.82 Å². The van der Waals surface area contributed by atoms with Gasteiger partial charge >= 0.3 is 0 Å². The molecule has 5 heteroatoms. The number of halogens is 1. The number of piperazine rings is 1. The van der Waals surface area contributed by atoms with Crippen LogP contribution >= 0.6 is 0 Å². The molecule has 4 nitrogen and oxygen atoms in total. The Morgan fingerprint density at radius 2 is 1.88 bits per heavy atom. The molecule has 1 aliphatic rings. The van der Waals surface area contributed by atoms with Crippen molar-refractivity contribution in [3.8, 4) is 0 Å². The zero-order valence-corrected chi connectivity index (χ0v) is 8.79. The molecule has 0 aliphatic carbocycles. The first-order valence-electron chi connectivity index (χ1n) is 4.90. The number of amides is 2. The van der Waals surface area contributed by atoms with E-state index in [1.54, 1.807) is 24.0 Å². The van der Waals surface area contributed by atoms with Crippen LogP contribution in [0.15, 0.2) is 18.2 Å². The number of carbonyl (C=O) groups excluding carboxylic acids is 2. The number of nitrogens with zero attached hydrogens (tertiary/aromatic N) is 1. The van der Waals surface area contributed by atoms with Gasteiger partial charge in [0.05, 0.1) is 13.1 Å². The Hall–Kier alpha value is -1.91. The predicted molar refractivity (Wildman–Crippen MR) is 56.5 cm³/mol. The summed E-state index contributed by atoms with van der Waals surface area (Å²) in [4.78, 5) is 23.9. The zero-order valence-electron chi connectivity index (χ0n) is 8.79. The molecule has 1 heterocycles. The van der Waals surface area contributed by atoms with E-state index in [0.717, 1.165) is 0 Å². The summed E-state index contributed by atoms with van der Waals surface area (Å²) in [6.45, 7) is 1.79. The van der Waals surface area contributed by atoms with Crippen LogP contribution in [0.25, 0.3) is 0 Å². The minimum atomic E-state index is -0.361. The molecule has 2 rings (SSSR count). The van der Waals surface area contributed by atoms with Gasteiger partial charge in [0.25, 0.3) is 0 Å². The van der Waals surface area contributed by atoms with Gasteiger partial charge in [-0.3, -0.25) is 14.9 Å². The monoisotopic (exact) mass is 222 g/mol. The Kier molecular flexibility index (Phi) is 2.60. The maximum Gasteiger partial charge on any atom is 0.246 e. The normalized spacial score (nSPS) is 16.2. The zero-order chi connectivity index (χ0) is 11.7. The van der Waals surface area contributed by atoms with Crippen LogP contribution in [-0.2, 0) is 9.59 Å². The second-order valence-corrected chi connectivity index (χ2v) is 3.71. The minimum absolute atomic E-state index is 0.0794. The molecular formula is C11H11FN2O2. The maximum atomic E-state index is 13.3. The Morgan fingerprint density at radius 3 is 2.50 bits per heavy atom. The van der Waals surface area contributed by atoms with Crippen molar-refractivity contribution < 1.29 is 14.0 Å². The molecule has 1 aromatic carbocycles. The Labute approximate surface area is 92.0 Å². The van der Waals surface area contributed by atoms with Gasteiger partial charge in [0, 0.05) is 11.3 Å². The molecule has 1 aromatic rings.